The number of unbranched alkanes of at least 4 members (excludes halogenated alkanes) is 4. The van der Waals surface area contributed by atoms with Crippen LogP contribution in [0.4, 0.5) is 0 Å². The summed E-state index contributed by atoms with van der Waals surface area (Å²) in [6, 6.07) is 0. The topological polar surface area (TPSA) is 46.2 Å². The molecule has 0 saturated carbocycles. The molecular weight excluding hydrogens is 483 g/mol. The molecule has 0 aliphatic carbocycles. The van der Waals surface area contributed by atoms with Crippen LogP contribution in [-0.4, -0.2) is 68.0 Å². The van der Waals surface area contributed by atoms with Crippen LogP contribution in [-0.2, 0) is 23.7 Å². The van der Waals surface area contributed by atoms with Crippen LogP contribution in [0.1, 0.15) is 79.1 Å². The highest BCUT2D eigenvalue weighted by Gasteiger charge is 2.47. The molecule has 0 aromatic rings. The van der Waals surface area contributed by atoms with Crippen LogP contribution < -0.4 is 0 Å². The molecule has 1 saturated heterocycles. The lowest BCUT2D eigenvalue weighted by Crippen LogP contribution is -2.62. The predicted molar refractivity (Wildman–Crippen MR) is 127 cm³/mol. The van der Waals surface area contributed by atoms with Gasteiger partial charge < -0.3 is 23.7 Å². The van der Waals surface area contributed by atoms with Crippen molar-refractivity contribution in [3.05, 3.63) is 0 Å². The summed E-state index contributed by atoms with van der Waals surface area (Å²) >= 11 is 2.40. The van der Waals surface area contributed by atoms with Crippen molar-refractivity contribution in [1.82, 2.24) is 0 Å². The van der Waals surface area contributed by atoms with Gasteiger partial charge in [0.05, 0.1) is 12.7 Å². The molecule has 0 unspecified atom stereocenters. The third-order valence-electron chi connectivity index (χ3n) is 5.23. The summed E-state index contributed by atoms with van der Waals surface area (Å²) < 4.78 is 32.4. The minimum absolute atomic E-state index is 0.00452. The molecule has 0 bridgehead atoms. The molecule has 1 aliphatic rings. The normalized spacial score (nSPS) is 27.4. The molecule has 0 aromatic carbocycles. The van der Waals surface area contributed by atoms with Gasteiger partial charge in [-0.15, -0.1) is 0 Å². The van der Waals surface area contributed by atoms with E-state index in [2.05, 4.69) is 50.3 Å². The van der Waals surface area contributed by atoms with E-state index in [9.17, 15) is 0 Å². The number of hydrogen-bond acceptors (Lipinski definition) is 5. The van der Waals surface area contributed by atoms with Gasteiger partial charge in [-0.05, 0) is 25.7 Å². The Morgan fingerprint density at radius 2 is 1.07 bits per heavy atom. The first-order chi connectivity index (χ1) is 14.2. The highest BCUT2D eigenvalue weighted by Crippen LogP contribution is 2.30. The number of rotatable bonds is 18. The van der Waals surface area contributed by atoms with Gasteiger partial charge in [0.1, 0.15) is 24.4 Å². The van der Waals surface area contributed by atoms with E-state index in [4.69, 9.17) is 23.7 Å². The Morgan fingerprint density at radius 3 is 1.55 bits per heavy atom. The summed E-state index contributed by atoms with van der Waals surface area (Å²) in [5.74, 6) is 0. The summed E-state index contributed by atoms with van der Waals surface area (Å²) in [6.07, 6.45) is 8.24. The van der Waals surface area contributed by atoms with E-state index in [1.807, 2.05) is 0 Å². The molecule has 0 spiro atoms. The zero-order valence-corrected chi connectivity index (χ0v) is 21.4. The highest BCUT2D eigenvalue weighted by molar-refractivity contribution is 14.1. The van der Waals surface area contributed by atoms with Gasteiger partial charge in [0.15, 0.2) is 0 Å². The molecule has 1 heterocycles. The van der Waals surface area contributed by atoms with Gasteiger partial charge in [-0.25, -0.2) is 0 Å². The highest BCUT2D eigenvalue weighted by atomic mass is 127. The van der Waals surface area contributed by atoms with Crippen molar-refractivity contribution >= 4 is 22.6 Å². The minimum Gasteiger partial charge on any atom is -0.379 e. The first-order valence-electron chi connectivity index (χ1n) is 11.9. The Labute approximate surface area is 193 Å². The van der Waals surface area contributed by atoms with Crippen molar-refractivity contribution in [2.24, 2.45) is 0 Å². The minimum atomic E-state index is -0.147. The largest absolute Gasteiger partial charge is 0.379 e. The van der Waals surface area contributed by atoms with E-state index in [1.54, 1.807) is 0 Å². The second-order valence-corrected chi connectivity index (χ2v) is 8.74. The van der Waals surface area contributed by atoms with E-state index in [-0.39, 0.29) is 30.5 Å². The van der Waals surface area contributed by atoms with Crippen LogP contribution in [0.3, 0.4) is 0 Å². The fourth-order valence-corrected chi connectivity index (χ4v) is 4.09. The van der Waals surface area contributed by atoms with Crippen LogP contribution in [0, 0.1) is 0 Å². The molecule has 0 amide bonds. The van der Waals surface area contributed by atoms with Crippen molar-refractivity contribution < 1.29 is 23.7 Å². The monoisotopic (exact) mass is 528 g/mol. The molecule has 29 heavy (non-hydrogen) atoms. The first kappa shape index (κ1) is 27.6. The average molecular weight is 529 g/mol. The average Bonchev–Trinajstić information content (AvgIpc) is 2.73. The molecule has 1 fully saturated rings. The van der Waals surface area contributed by atoms with Crippen LogP contribution in [0.5, 0.6) is 0 Å². The van der Waals surface area contributed by atoms with Crippen molar-refractivity contribution in [2.75, 3.05) is 37.5 Å². The summed E-state index contributed by atoms with van der Waals surface area (Å²) in [5, 5.41) is 0. The first-order valence-corrected chi connectivity index (χ1v) is 13.4. The molecule has 5 nitrogen and oxygen atoms in total. The predicted octanol–water partition coefficient (Wildman–Crippen LogP) is 5.56. The third-order valence-corrected chi connectivity index (χ3v) is 6.10. The third kappa shape index (κ3) is 10.6. The quantitative estimate of drug-likeness (QED) is 0.132. The number of ether oxygens (including phenoxy) is 5. The molecule has 1 rings (SSSR count). The van der Waals surface area contributed by atoms with Gasteiger partial charge in [0.25, 0.3) is 0 Å². The molecule has 0 radical (unpaired) electrons. The summed E-state index contributed by atoms with van der Waals surface area (Å²) in [6.45, 7) is 12.3. The van der Waals surface area contributed by atoms with E-state index in [1.165, 1.54) is 0 Å². The van der Waals surface area contributed by atoms with Gasteiger partial charge in [-0.2, -0.15) is 0 Å². The molecular formula is C23H45IO5. The second kappa shape index (κ2) is 18.1. The Balaban J connectivity index is 2.92. The SMILES string of the molecule is CCCCOC[C@H]1O[C@H](CI)[C@@H](OCCCC)[C@@H](OCCCC)[C@@H]1OCCCC. The summed E-state index contributed by atoms with van der Waals surface area (Å²) in [4.78, 5) is 0. The fraction of sp³-hybridized carbons (Fsp3) is 1.00. The van der Waals surface area contributed by atoms with Gasteiger partial charge in [0, 0.05) is 30.9 Å². The lowest BCUT2D eigenvalue weighted by atomic mass is 9.95. The zero-order valence-electron chi connectivity index (χ0n) is 19.2. The summed E-state index contributed by atoms with van der Waals surface area (Å²) in [7, 11) is 0. The number of hydrogen-bond donors (Lipinski definition) is 0. The Bertz CT molecular complexity index is 371. The molecule has 5 atom stereocenters. The zero-order chi connectivity index (χ0) is 21.3. The van der Waals surface area contributed by atoms with E-state index in [0.717, 1.165) is 82.2 Å². The Kier molecular flexibility index (Phi) is 17.2. The number of halogens is 1. The Morgan fingerprint density at radius 1 is 0.621 bits per heavy atom. The second-order valence-electron chi connectivity index (χ2n) is 7.86. The van der Waals surface area contributed by atoms with Crippen LogP contribution in [0.25, 0.3) is 0 Å². The van der Waals surface area contributed by atoms with Crippen LogP contribution in [0.15, 0.2) is 0 Å². The molecule has 0 aromatic heterocycles. The van der Waals surface area contributed by atoms with Crippen molar-refractivity contribution in [3.63, 3.8) is 0 Å². The van der Waals surface area contributed by atoms with Gasteiger partial charge in [-0.1, -0.05) is 76.0 Å². The van der Waals surface area contributed by atoms with Gasteiger partial charge >= 0.3 is 0 Å². The lowest BCUT2D eigenvalue weighted by Gasteiger charge is -2.46. The fourth-order valence-electron chi connectivity index (χ4n) is 3.38. The van der Waals surface area contributed by atoms with E-state index < -0.39 is 0 Å². The maximum Gasteiger partial charge on any atom is 0.115 e. The van der Waals surface area contributed by atoms with Crippen molar-refractivity contribution in [2.45, 2.75) is 110 Å². The molecule has 174 valence electrons. The van der Waals surface area contributed by atoms with E-state index >= 15 is 0 Å². The van der Waals surface area contributed by atoms with E-state index in [0.29, 0.717) is 6.61 Å². The van der Waals surface area contributed by atoms with Crippen molar-refractivity contribution in [1.29, 1.82) is 0 Å². The molecule has 0 N–H and O–H groups in total. The van der Waals surface area contributed by atoms with Gasteiger partial charge in [-0.3, -0.25) is 0 Å². The standard InChI is InChI=1S/C23H45IO5/c1-5-9-13-25-18-20-22(27-15-11-7-3)23(28-16-12-8-4)21(19(17-24)29-20)26-14-10-6-2/h19-23H,5-18H2,1-4H3/t19-,20-,21-,22-,23-/m1/s1. The lowest BCUT2D eigenvalue weighted by molar-refractivity contribution is -0.260. The smallest absolute Gasteiger partial charge is 0.115 e. The summed E-state index contributed by atoms with van der Waals surface area (Å²) in [5.41, 5.74) is 0. The maximum absolute atomic E-state index is 6.48. The van der Waals surface area contributed by atoms with Crippen molar-refractivity contribution in [3.8, 4) is 0 Å². The molecule has 1 aliphatic heterocycles. The Hall–Kier alpha value is 0.530. The van der Waals surface area contributed by atoms with Gasteiger partial charge in [0.2, 0.25) is 0 Å². The van der Waals surface area contributed by atoms with Crippen LogP contribution >= 0.6 is 22.6 Å². The maximum atomic E-state index is 6.48. The number of alkyl halides is 1. The molecule has 6 heteroatoms. The van der Waals surface area contributed by atoms with Crippen LogP contribution in [0.2, 0.25) is 0 Å².